The topological polar surface area (TPSA) is 106 Å². The fraction of sp³-hybridized carbons (Fsp3) is 0.526. The summed E-state index contributed by atoms with van der Waals surface area (Å²) in [6.45, 7) is 4.37. The van der Waals surface area contributed by atoms with Crippen LogP contribution in [0.3, 0.4) is 0 Å². The molecule has 2 N–H and O–H groups in total. The molecule has 1 atom stereocenters. The summed E-state index contributed by atoms with van der Waals surface area (Å²) in [7, 11) is 4.07. The number of likely N-dealkylation sites (N-methyl/N-ethyl adjacent to an activating group) is 1. The average molecular weight is 393 g/mol. The highest BCUT2D eigenvalue weighted by Gasteiger charge is 2.25. The van der Waals surface area contributed by atoms with Crippen LogP contribution in [0.1, 0.15) is 30.1 Å². The summed E-state index contributed by atoms with van der Waals surface area (Å²) < 4.78 is 15.1. The van der Waals surface area contributed by atoms with Crippen molar-refractivity contribution in [2.45, 2.75) is 25.8 Å². The van der Waals surface area contributed by atoms with Gasteiger partial charge in [0.2, 0.25) is 0 Å². The van der Waals surface area contributed by atoms with Crippen molar-refractivity contribution < 1.29 is 28.6 Å². The van der Waals surface area contributed by atoms with E-state index in [2.05, 4.69) is 22.5 Å². The molecule has 1 aromatic carbocycles. The van der Waals surface area contributed by atoms with Gasteiger partial charge in [-0.1, -0.05) is 6.92 Å². The first-order valence-corrected chi connectivity index (χ1v) is 9.12. The Morgan fingerprint density at radius 2 is 1.79 bits per heavy atom. The predicted molar refractivity (Wildman–Crippen MR) is 103 cm³/mol. The van der Waals surface area contributed by atoms with Crippen molar-refractivity contribution in [1.82, 2.24) is 10.2 Å². The molecule has 9 nitrogen and oxygen atoms in total. The monoisotopic (exact) mass is 393 g/mol. The van der Waals surface area contributed by atoms with E-state index >= 15 is 0 Å². The van der Waals surface area contributed by atoms with E-state index in [0.29, 0.717) is 18.0 Å². The fourth-order valence-corrected chi connectivity index (χ4v) is 3.27. The Hall–Kier alpha value is -2.81. The molecule has 1 saturated heterocycles. The summed E-state index contributed by atoms with van der Waals surface area (Å²) in [5, 5.41) is 5.11. The van der Waals surface area contributed by atoms with Crippen molar-refractivity contribution in [3.05, 3.63) is 17.7 Å². The maximum absolute atomic E-state index is 12.3. The molecule has 1 aliphatic heterocycles. The molecule has 0 aromatic heterocycles. The molecular weight excluding hydrogens is 366 g/mol. The number of rotatable bonds is 7. The molecule has 1 heterocycles. The van der Waals surface area contributed by atoms with Crippen LogP contribution in [0.15, 0.2) is 12.1 Å². The molecule has 0 radical (unpaired) electrons. The van der Waals surface area contributed by atoms with Gasteiger partial charge in [0.1, 0.15) is 0 Å². The molecule has 2 amide bonds. The number of nitrogens with one attached hydrogen (secondary N) is 2. The minimum atomic E-state index is -0.876. The maximum atomic E-state index is 12.3. The first-order valence-electron chi connectivity index (χ1n) is 9.12. The van der Waals surface area contributed by atoms with Crippen molar-refractivity contribution in [2.75, 3.05) is 46.3 Å². The largest absolute Gasteiger partial charge is 0.493 e. The van der Waals surface area contributed by atoms with Crippen molar-refractivity contribution in [3.63, 3.8) is 0 Å². The van der Waals surface area contributed by atoms with Crippen molar-refractivity contribution >= 4 is 23.5 Å². The Labute approximate surface area is 164 Å². The molecule has 0 bridgehead atoms. The normalized spacial score (nSPS) is 16.4. The van der Waals surface area contributed by atoms with Gasteiger partial charge in [0.15, 0.2) is 11.5 Å². The van der Waals surface area contributed by atoms with Crippen LogP contribution in [-0.2, 0) is 14.3 Å². The highest BCUT2D eigenvalue weighted by atomic mass is 16.5. The number of hydrogen-bond donors (Lipinski definition) is 2. The van der Waals surface area contributed by atoms with Gasteiger partial charge >= 0.3 is 17.8 Å². The number of carbonyl (C=O) groups excluding carboxylic acids is 3. The number of benzene rings is 1. The number of methoxy groups -OCH3 is 3. The fourth-order valence-electron chi connectivity index (χ4n) is 3.27. The van der Waals surface area contributed by atoms with E-state index in [1.807, 2.05) is 0 Å². The van der Waals surface area contributed by atoms with Crippen LogP contribution in [0, 0.1) is 0 Å². The molecule has 1 unspecified atom stereocenters. The van der Waals surface area contributed by atoms with Crippen LogP contribution in [0.25, 0.3) is 0 Å². The summed E-state index contributed by atoms with van der Waals surface area (Å²) in [6.07, 6.45) is 2.06. The van der Waals surface area contributed by atoms with Crippen LogP contribution in [0.5, 0.6) is 11.5 Å². The molecule has 1 aromatic rings. The molecule has 1 fully saturated rings. The molecule has 2 rings (SSSR count). The first-order chi connectivity index (χ1) is 13.4. The lowest BCUT2D eigenvalue weighted by Gasteiger charge is -2.22. The zero-order valence-corrected chi connectivity index (χ0v) is 16.7. The second kappa shape index (κ2) is 9.93. The van der Waals surface area contributed by atoms with E-state index in [1.165, 1.54) is 33.5 Å². The first kappa shape index (κ1) is 21.5. The van der Waals surface area contributed by atoms with E-state index in [-0.39, 0.29) is 17.3 Å². The molecule has 0 spiro atoms. The van der Waals surface area contributed by atoms with Crippen LogP contribution in [0.4, 0.5) is 5.69 Å². The molecule has 0 aliphatic carbocycles. The Morgan fingerprint density at radius 3 is 2.39 bits per heavy atom. The highest BCUT2D eigenvalue weighted by Crippen LogP contribution is 2.33. The lowest BCUT2D eigenvalue weighted by molar-refractivity contribution is -0.136. The third kappa shape index (κ3) is 4.92. The van der Waals surface area contributed by atoms with E-state index in [9.17, 15) is 14.4 Å². The van der Waals surface area contributed by atoms with Gasteiger partial charge in [-0.2, -0.15) is 0 Å². The Morgan fingerprint density at radius 1 is 1.11 bits per heavy atom. The number of amides is 2. The number of hydrogen-bond acceptors (Lipinski definition) is 7. The molecule has 0 saturated carbocycles. The van der Waals surface area contributed by atoms with E-state index in [4.69, 9.17) is 14.2 Å². The second-order valence-electron chi connectivity index (χ2n) is 6.33. The maximum Gasteiger partial charge on any atom is 0.340 e. The lowest BCUT2D eigenvalue weighted by atomic mass is 10.1. The summed E-state index contributed by atoms with van der Waals surface area (Å²) in [5.41, 5.74) is 0.148. The Balaban J connectivity index is 2.11. The summed E-state index contributed by atoms with van der Waals surface area (Å²) in [4.78, 5) is 38.9. The van der Waals surface area contributed by atoms with Crippen molar-refractivity contribution in [2.24, 2.45) is 0 Å². The van der Waals surface area contributed by atoms with E-state index in [0.717, 1.165) is 25.9 Å². The zero-order valence-electron chi connectivity index (χ0n) is 16.7. The van der Waals surface area contributed by atoms with Gasteiger partial charge in [0, 0.05) is 24.7 Å². The third-order valence-corrected chi connectivity index (χ3v) is 4.79. The standard InChI is InChI=1S/C19H27N3O6/c1-5-22-8-6-7-12(22)11-20-17(23)18(24)21-14-10-16(27-3)15(26-2)9-13(14)19(25)28-4/h9-10,12H,5-8,11H2,1-4H3,(H,20,23)(H,21,24). The number of esters is 1. The molecule has 1 aliphatic rings. The minimum absolute atomic E-state index is 0.0502. The molecular formula is C19H27N3O6. The van der Waals surface area contributed by atoms with Gasteiger partial charge < -0.3 is 24.8 Å². The van der Waals surface area contributed by atoms with Crippen molar-refractivity contribution in [3.8, 4) is 11.5 Å². The summed E-state index contributed by atoms with van der Waals surface area (Å²) >= 11 is 0. The quantitative estimate of drug-likeness (QED) is 0.526. The Kier molecular flexibility index (Phi) is 7.62. The minimum Gasteiger partial charge on any atom is -0.493 e. The van der Waals surface area contributed by atoms with Crippen LogP contribution in [-0.4, -0.2) is 69.7 Å². The smallest absolute Gasteiger partial charge is 0.340 e. The van der Waals surface area contributed by atoms with Crippen LogP contribution < -0.4 is 20.1 Å². The number of likely N-dealkylation sites (tertiary alicyclic amines) is 1. The third-order valence-electron chi connectivity index (χ3n) is 4.79. The SMILES string of the molecule is CCN1CCCC1CNC(=O)C(=O)Nc1cc(OC)c(OC)cc1C(=O)OC. The van der Waals surface area contributed by atoms with Gasteiger partial charge in [-0.25, -0.2) is 4.79 Å². The second-order valence-corrected chi connectivity index (χ2v) is 6.33. The van der Waals surface area contributed by atoms with Crippen LogP contribution in [0.2, 0.25) is 0 Å². The van der Waals surface area contributed by atoms with Gasteiger partial charge in [-0.3, -0.25) is 14.5 Å². The van der Waals surface area contributed by atoms with Crippen molar-refractivity contribution in [1.29, 1.82) is 0 Å². The van der Waals surface area contributed by atoms with Gasteiger partial charge in [-0.05, 0) is 25.9 Å². The molecule has 28 heavy (non-hydrogen) atoms. The Bertz CT molecular complexity index is 737. The number of ether oxygens (including phenoxy) is 3. The highest BCUT2D eigenvalue weighted by molar-refractivity contribution is 6.40. The van der Waals surface area contributed by atoms with Gasteiger partial charge in [0.05, 0.1) is 32.6 Å². The molecule has 154 valence electrons. The van der Waals surface area contributed by atoms with Crippen LogP contribution >= 0.6 is 0 Å². The van der Waals surface area contributed by atoms with E-state index in [1.54, 1.807) is 0 Å². The summed E-state index contributed by atoms with van der Waals surface area (Å²) in [6, 6.07) is 3.02. The number of anilines is 1. The zero-order chi connectivity index (χ0) is 20.7. The molecule has 9 heteroatoms. The predicted octanol–water partition coefficient (Wildman–Crippen LogP) is 1.03. The number of nitrogens with zero attached hydrogens (tertiary/aromatic N) is 1. The number of carbonyl (C=O) groups is 3. The lowest BCUT2D eigenvalue weighted by Crippen LogP contribution is -2.43. The average Bonchev–Trinajstić information content (AvgIpc) is 3.18. The van der Waals surface area contributed by atoms with Gasteiger partial charge in [-0.15, -0.1) is 0 Å². The van der Waals surface area contributed by atoms with E-state index < -0.39 is 17.8 Å². The van der Waals surface area contributed by atoms with Gasteiger partial charge in [0.25, 0.3) is 0 Å². The summed E-state index contributed by atoms with van der Waals surface area (Å²) in [5.74, 6) is -1.73.